The average Bonchev–Trinajstić information content (AvgIpc) is 2.45. The molecule has 1 aliphatic heterocycles. The maximum absolute atomic E-state index is 12.2. The molecule has 1 aromatic rings. The van der Waals surface area contributed by atoms with Crippen LogP contribution in [0.3, 0.4) is 0 Å². The molecule has 4 heteroatoms. The van der Waals surface area contributed by atoms with E-state index in [1.54, 1.807) is 0 Å². The molecule has 0 spiro atoms. The number of hydrogen-bond acceptors (Lipinski definition) is 1. The van der Waals surface area contributed by atoms with Gasteiger partial charge in [0, 0.05) is 6.54 Å². The Morgan fingerprint density at radius 2 is 1.67 bits per heavy atom. The summed E-state index contributed by atoms with van der Waals surface area (Å²) >= 11 is 0. The van der Waals surface area contributed by atoms with E-state index < -0.39 is 12.6 Å². The molecule has 1 aliphatic rings. The van der Waals surface area contributed by atoms with E-state index in [2.05, 4.69) is 38.1 Å². The fraction of sp³-hybridized carbons (Fsp3) is 0.647. The van der Waals surface area contributed by atoms with Crippen LogP contribution in [0, 0.1) is 0 Å². The molecule has 0 unspecified atom stereocenters. The molecule has 0 amide bonds. The first-order valence-electron chi connectivity index (χ1n) is 7.74. The standard InChI is InChI=1S/C17H24F3N/c1-13(2)14-3-5-15(6-4-14)16-7-10-21(11-8-16)12-9-17(18,19)20/h3-6,13,16H,7-12H2,1-2H3. The molecule has 0 bridgehead atoms. The minimum atomic E-state index is -4.04. The van der Waals surface area contributed by atoms with Crippen LogP contribution in [0.4, 0.5) is 13.2 Å². The van der Waals surface area contributed by atoms with Gasteiger partial charge in [0.1, 0.15) is 0 Å². The Morgan fingerprint density at radius 3 is 2.14 bits per heavy atom. The summed E-state index contributed by atoms with van der Waals surface area (Å²) in [5, 5.41) is 0. The molecular formula is C17H24F3N. The van der Waals surface area contributed by atoms with Gasteiger partial charge < -0.3 is 4.90 Å². The maximum Gasteiger partial charge on any atom is 0.390 e. The van der Waals surface area contributed by atoms with Gasteiger partial charge in [-0.1, -0.05) is 38.1 Å². The lowest BCUT2D eigenvalue weighted by atomic mass is 9.88. The van der Waals surface area contributed by atoms with Crippen molar-refractivity contribution in [3.8, 4) is 0 Å². The van der Waals surface area contributed by atoms with Crippen LogP contribution in [0.15, 0.2) is 24.3 Å². The molecule has 0 aromatic heterocycles. The summed E-state index contributed by atoms with van der Waals surface area (Å²) in [6.07, 6.45) is -2.82. The SMILES string of the molecule is CC(C)c1ccc(C2CCN(CCC(F)(F)F)CC2)cc1. The van der Waals surface area contributed by atoms with Gasteiger partial charge in [0.05, 0.1) is 6.42 Å². The Balaban J connectivity index is 1.83. The first-order valence-corrected chi connectivity index (χ1v) is 7.74. The Kier molecular flexibility index (Phi) is 5.31. The summed E-state index contributed by atoms with van der Waals surface area (Å²) in [7, 11) is 0. The third-order valence-electron chi connectivity index (χ3n) is 4.37. The van der Waals surface area contributed by atoms with Crippen LogP contribution < -0.4 is 0 Å². The summed E-state index contributed by atoms with van der Waals surface area (Å²) < 4.78 is 36.7. The molecule has 21 heavy (non-hydrogen) atoms. The van der Waals surface area contributed by atoms with E-state index in [-0.39, 0.29) is 6.54 Å². The molecule has 0 aliphatic carbocycles. The normalized spacial score (nSPS) is 18.4. The van der Waals surface area contributed by atoms with Crippen molar-refractivity contribution in [3.63, 3.8) is 0 Å². The topological polar surface area (TPSA) is 3.24 Å². The predicted molar refractivity (Wildman–Crippen MR) is 79.6 cm³/mol. The second-order valence-corrected chi connectivity index (χ2v) is 6.30. The zero-order valence-corrected chi connectivity index (χ0v) is 12.8. The highest BCUT2D eigenvalue weighted by atomic mass is 19.4. The van der Waals surface area contributed by atoms with E-state index in [1.807, 2.05) is 4.90 Å². The number of benzene rings is 1. The van der Waals surface area contributed by atoms with Gasteiger partial charge in [-0.05, 0) is 48.9 Å². The molecule has 1 fully saturated rings. The monoisotopic (exact) mass is 299 g/mol. The van der Waals surface area contributed by atoms with Crippen molar-refractivity contribution in [3.05, 3.63) is 35.4 Å². The van der Waals surface area contributed by atoms with E-state index in [0.717, 1.165) is 25.9 Å². The van der Waals surface area contributed by atoms with Gasteiger partial charge in [-0.3, -0.25) is 0 Å². The summed E-state index contributed by atoms with van der Waals surface area (Å²) in [5.74, 6) is 1.02. The van der Waals surface area contributed by atoms with Gasteiger partial charge in [-0.15, -0.1) is 0 Å². The number of alkyl halides is 3. The Bertz CT molecular complexity index is 428. The highest BCUT2D eigenvalue weighted by molar-refractivity contribution is 5.27. The van der Waals surface area contributed by atoms with E-state index >= 15 is 0 Å². The quantitative estimate of drug-likeness (QED) is 0.761. The summed E-state index contributed by atoms with van der Waals surface area (Å²) in [6.45, 7) is 6.03. The fourth-order valence-electron chi connectivity index (χ4n) is 2.93. The zero-order valence-electron chi connectivity index (χ0n) is 12.8. The summed E-state index contributed by atoms with van der Waals surface area (Å²) in [5.41, 5.74) is 2.66. The third-order valence-corrected chi connectivity index (χ3v) is 4.37. The van der Waals surface area contributed by atoms with Crippen molar-refractivity contribution in [1.82, 2.24) is 4.90 Å². The maximum atomic E-state index is 12.2. The second kappa shape index (κ2) is 6.82. The van der Waals surface area contributed by atoms with Gasteiger partial charge in [-0.2, -0.15) is 13.2 Å². The van der Waals surface area contributed by atoms with E-state index in [1.165, 1.54) is 11.1 Å². The molecule has 0 radical (unpaired) electrons. The first-order chi connectivity index (χ1) is 9.85. The Hall–Kier alpha value is -1.03. The van der Waals surface area contributed by atoms with Crippen LogP contribution in [0.1, 0.15) is 56.1 Å². The van der Waals surface area contributed by atoms with Gasteiger partial charge in [0.2, 0.25) is 0 Å². The van der Waals surface area contributed by atoms with E-state index in [0.29, 0.717) is 11.8 Å². The molecule has 118 valence electrons. The van der Waals surface area contributed by atoms with Crippen LogP contribution in [0.25, 0.3) is 0 Å². The lowest BCUT2D eigenvalue weighted by Crippen LogP contribution is -2.35. The minimum Gasteiger partial charge on any atom is -0.303 e. The van der Waals surface area contributed by atoms with Crippen LogP contribution in [0.2, 0.25) is 0 Å². The molecule has 1 nitrogen and oxygen atoms in total. The summed E-state index contributed by atoms with van der Waals surface area (Å²) in [4.78, 5) is 1.94. The number of piperidine rings is 1. The second-order valence-electron chi connectivity index (χ2n) is 6.30. The van der Waals surface area contributed by atoms with Crippen LogP contribution in [-0.2, 0) is 0 Å². The van der Waals surface area contributed by atoms with Gasteiger partial charge >= 0.3 is 6.18 Å². The van der Waals surface area contributed by atoms with Crippen molar-refractivity contribution in [1.29, 1.82) is 0 Å². The number of halogens is 3. The van der Waals surface area contributed by atoms with Crippen LogP contribution in [0.5, 0.6) is 0 Å². The molecule has 1 heterocycles. The van der Waals surface area contributed by atoms with Crippen molar-refractivity contribution >= 4 is 0 Å². The molecule has 1 aromatic carbocycles. The number of nitrogens with zero attached hydrogens (tertiary/aromatic N) is 1. The average molecular weight is 299 g/mol. The molecule has 0 N–H and O–H groups in total. The van der Waals surface area contributed by atoms with Crippen molar-refractivity contribution in [2.75, 3.05) is 19.6 Å². The molecule has 1 saturated heterocycles. The van der Waals surface area contributed by atoms with E-state index in [9.17, 15) is 13.2 Å². The first kappa shape index (κ1) is 16.3. The lowest BCUT2D eigenvalue weighted by Gasteiger charge is -2.32. The number of hydrogen-bond donors (Lipinski definition) is 0. The van der Waals surface area contributed by atoms with Crippen molar-refractivity contribution < 1.29 is 13.2 Å². The predicted octanol–water partition coefficient (Wildman–Crippen LogP) is 4.94. The number of rotatable bonds is 4. The Labute approximate surface area is 125 Å². The molecule has 0 atom stereocenters. The molecular weight excluding hydrogens is 275 g/mol. The molecule has 0 saturated carbocycles. The highest BCUT2D eigenvalue weighted by Crippen LogP contribution is 2.30. The minimum absolute atomic E-state index is 0.141. The highest BCUT2D eigenvalue weighted by Gasteiger charge is 2.29. The fourth-order valence-corrected chi connectivity index (χ4v) is 2.93. The largest absolute Gasteiger partial charge is 0.390 e. The lowest BCUT2D eigenvalue weighted by molar-refractivity contribution is -0.138. The number of likely N-dealkylation sites (tertiary alicyclic amines) is 1. The third kappa shape index (κ3) is 5.03. The molecule has 2 rings (SSSR count). The van der Waals surface area contributed by atoms with Crippen LogP contribution in [-0.4, -0.2) is 30.7 Å². The van der Waals surface area contributed by atoms with Crippen LogP contribution >= 0.6 is 0 Å². The smallest absolute Gasteiger partial charge is 0.303 e. The Morgan fingerprint density at radius 1 is 1.10 bits per heavy atom. The van der Waals surface area contributed by atoms with Crippen molar-refractivity contribution in [2.45, 2.75) is 51.1 Å². The van der Waals surface area contributed by atoms with E-state index in [4.69, 9.17) is 0 Å². The summed E-state index contributed by atoms with van der Waals surface area (Å²) in [6, 6.07) is 8.73. The van der Waals surface area contributed by atoms with Gasteiger partial charge in [0.25, 0.3) is 0 Å². The van der Waals surface area contributed by atoms with Gasteiger partial charge in [0.15, 0.2) is 0 Å². The van der Waals surface area contributed by atoms with Gasteiger partial charge in [-0.25, -0.2) is 0 Å². The zero-order chi connectivity index (χ0) is 15.5. The van der Waals surface area contributed by atoms with Crippen molar-refractivity contribution in [2.24, 2.45) is 0 Å².